The quantitative estimate of drug-likeness (QED) is 0.158. The van der Waals surface area contributed by atoms with E-state index in [1.54, 1.807) is 5.57 Å². The lowest BCUT2D eigenvalue weighted by molar-refractivity contribution is -0.0665. The molecule has 5 fully saturated rings. The third-order valence-corrected chi connectivity index (χ3v) is 13.2. The smallest absolute Gasteiger partial charge is 0.410 e. The minimum atomic E-state index is -0.282. The Bertz CT molecular complexity index is 1290. The number of hydrogen-bond acceptors (Lipinski definition) is 4. The van der Waals surface area contributed by atoms with Crippen molar-refractivity contribution < 1.29 is 14.3 Å². The third-order valence-electron chi connectivity index (χ3n) is 13.2. The van der Waals surface area contributed by atoms with Crippen LogP contribution in [0.1, 0.15) is 91.0 Å². The SMILES string of the molecule is CC1=C2C[C@H]3C(CC[C@@H]4CC(N=[N+]=[N-])CCC43C)[C@@H]2CCC12O[C@@H]1CC(C)CN(C(=O)OCc3ccccc3)C1[C@H]2C. The summed E-state index contributed by atoms with van der Waals surface area (Å²) >= 11 is 0. The van der Waals surface area contributed by atoms with Crippen molar-refractivity contribution in [3.63, 3.8) is 0 Å². The van der Waals surface area contributed by atoms with Gasteiger partial charge in [0.25, 0.3) is 0 Å². The summed E-state index contributed by atoms with van der Waals surface area (Å²) in [4.78, 5) is 18.7. The van der Waals surface area contributed by atoms with Crippen molar-refractivity contribution >= 4 is 6.09 Å². The lowest BCUT2D eigenvalue weighted by atomic mass is 9.52. The molecule has 0 bridgehead atoms. The Morgan fingerprint density at radius 1 is 1.14 bits per heavy atom. The molecule has 7 heteroatoms. The number of carbonyl (C=O) groups excluding carboxylic acids is 1. The molecule has 3 saturated carbocycles. The number of likely N-dealkylation sites (tertiary alicyclic amines) is 1. The van der Waals surface area contributed by atoms with Gasteiger partial charge in [-0.1, -0.05) is 61.8 Å². The standard InChI is InChI=1S/C35H48N4O3/c1-21-16-31-32(39(19-21)33(40)41-20-24-8-6-5-7-9-24)23(3)35(42-31)15-13-27-28-11-10-25-17-26(37-38-36)12-14-34(25,4)30(28)18-29(27)22(35)2/h5-9,21,23,25-28,30-32H,10-20H2,1-4H3/t21?,23-,25-,26?,27+,28?,30+,31-,32?,34?,35?/m1/s1. The van der Waals surface area contributed by atoms with Crippen LogP contribution in [0.25, 0.3) is 10.4 Å². The molecule has 1 aromatic rings. The number of benzene rings is 1. The van der Waals surface area contributed by atoms with Crippen LogP contribution >= 0.6 is 0 Å². The molecule has 7 rings (SSSR count). The molecule has 6 aliphatic rings. The number of amides is 1. The van der Waals surface area contributed by atoms with Crippen molar-refractivity contribution in [1.29, 1.82) is 0 Å². The van der Waals surface area contributed by atoms with Crippen molar-refractivity contribution in [1.82, 2.24) is 4.90 Å². The first-order valence-corrected chi connectivity index (χ1v) is 16.6. The van der Waals surface area contributed by atoms with Crippen LogP contribution in [-0.4, -0.2) is 41.3 Å². The van der Waals surface area contributed by atoms with E-state index in [1.807, 2.05) is 35.2 Å². The number of allylic oxidation sites excluding steroid dienone is 1. The van der Waals surface area contributed by atoms with Gasteiger partial charge in [0.15, 0.2) is 0 Å². The van der Waals surface area contributed by atoms with Gasteiger partial charge in [-0.15, -0.1) is 0 Å². The number of nitrogens with zero attached hydrogens (tertiary/aromatic N) is 4. The van der Waals surface area contributed by atoms with Crippen LogP contribution in [0.4, 0.5) is 4.79 Å². The summed E-state index contributed by atoms with van der Waals surface area (Å²) in [7, 11) is 0. The van der Waals surface area contributed by atoms with Crippen LogP contribution in [0.3, 0.4) is 0 Å². The molecular formula is C35H48N4O3. The molecule has 4 aliphatic carbocycles. The summed E-state index contributed by atoms with van der Waals surface area (Å²) in [5.41, 5.74) is 13.3. The molecule has 0 N–H and O–H groups in total. The predicted octanol–water partition coefficient (Wildman–Crippen LogP) is 8.45. The van der Waals surface area contributed by atoms with E-state index in [0.717, 1.165) is 49.6 Å². The Morgan fingerprint density at radius 3 is 2.74 bits per heavy atom. The molecule has 7 nitrogen and oxygen atoms in total. The van der Waals surface area contributed by atoms with Gasteiger partial charge in [-0.25, -0.2) is 4.79 Å². The molecule has 42 heavy (non-hydrogen) atoms. The highest BCUT2D eigenvalue weighted by molar-refractivity contribution is 5.68. The average molecular weight is 573 g/mol. The normalized spacial score (nSPS) is 44.1. The molecule has 226 valence electrons. The molecule has 2 aliphatic heterocycles. The molecule has 1 aromatic carbocycles. The highest BCUT2D eigenvalue weighted by atomic mass is 16.6. The highest BCUT2D eigenvalue weighted by Crippen LogP contribution is 2.66. The molecule has 0 radical (unpaired) electrons. The molecule has 2 saturated heterocycles. The summed E-state index contributed by atoms with van der Waals surface area (Å²) in [6.07, 6.45) is 10.2. The van der Waals surface area contributed by atoms with Crippen LogP contribution in [0.2, 0.25) is 0 Å². The van der Waals surface area contributed by atoms with Crippen molar-refractivity contribution in [3.8, 4) is 0 Å². The van der Waals surface area contributed by atoms with E-state index in [1.165, 1.54) is 37.7 Å². The maximum atomic E-state index is 13.6. The Labute approximate surface area is 251 Å². The average Bonchev–Trinajstić information content (AvgIpc) is 3.51. The molecule has 0 aromatic heterocycles. The second-order valence-electron chi connectivity index (χ2n) is 15.0. The summed E-state index contributed by atoms with van der Waals surface area (Å²) in [5.74, 6) is 3.45. The Hall–Kier alpha value is -2.50. The summed E-state index contributed by atoms with van der Waals surface area (Å²) in [6, 6.07) is 10.2. The van der Waals surface area contributed by atoms with E-state index in [9.17, 15) is 4.79 Å². The zero-order valence-corrected chi connectivity index (χ0v) is 25.9. The van der Waals surface area contributed by atoms with E-state index < -0.39 is 0 Å². The van der Waals surface area contributed by atoms with E-state index in [0.29, 0.717) is 29.8 Å². The van der Waals surface area contributed by atoms with E-state index in [-0.39, 0.29) is 35.8 Å². The third kappa shape index (κ3) is 4.32. The Morgan fingerprint density at radius 2 is 1.95 bits per heavy atom. The van der Waals surface area contributed by atoms with Gasteiger partial charge in [0.1, 0.15) is 6.61 Å². The van der Waals surface area contributed by atoms with Crippen LogP contribution < -0.4 is 0 Å². The number of fused-ring (bicyclic) bond motifs is 6. The number of azide groups is 1. The van der Waals surface area contributed by atoms with Gasteiger partial charge >= 0.3 is 6.09 Å². The molecule has 2 heterocycles. The minimum Gasteiger partial charge on any atom is -0.445 e. The Kier molecular flexibility index (Phi) is 7.13. The first-order valence-electron chi connectivity index (χ1n) is 16.6. The van der Waals surface area contributed by atoms with E-state index >= 15 is 0 Å². The second kappa shape index (κ2) is 10.6. The maximum Gasteiger partial charge on any atom is 0.410 e. The second-order valence-corrected chi connectivity index (χ2v) is 15.0. The van der Waals surface area contributed by atoms with Gasteiger partial charge in [0.2, 0.25) is 0 Å². The summed E-state index contributed by atoms with van der Waals surface area (Å²) < 4.78 is 13.1. The van der Waals surface area contributed by atoms with E-state index in [4.69, 9.17) is 15.0 Å². The topological polar surface area (TPSA) is 87.5 Å². The largest absolute Gasteiger partial charge is 0.445 e. The van der Waals surface area contributed by atoms with Crippen molar-refractivity contribution in [2.24, 2.45) is 46.0 Å². The molecule has 1 amide bonds. The first-order chi connectivity index (χ1) is 20.2. The van der Waals surface area contributed by atoms with Crippen molar-refractivity contribution in [3.05, 3.63) is 57.5 Å². The summed E-state index contributed by atoms with van der Waals surface area (Å²) in [6.45, 7) is 10.6. The number of carbonyl (C=O) groups is 1. The van der Waals surface area contributed by atoms with Crippen LogP contribution in [0.15, 0.2) is 46.6 Å². The van der Waals surface area contributed by atoms with Gasteiger partial charge in [0.05, 0.1) is 17.7 Å². The summed E-state index contributed by atoms with van der Waals surface area (Å²) in [5, 5.41) is 4.14. The Balaban J connectivity index is 1.13. The highest BCUT2D eigenvalue weighted by Gasteiger charge is 2.63. The molecular weight excluding hydrogens is 524 g/mol. The van der Waals surface area contributed by atoms with Crippen LogP contribution in [0.5, 0.6) is 0 Å². The van der Waals surface area contributed by atoms with Gasteiger partial charge in [-0.3, -0.25) is 0 Å². The van der Waals surface area contributed by atoms with Crippen molar-refractivity contribution in [2.75, 3.05) is 6.54 Å². The monoisotopic (exact) mass is 572 g/mol. The number of piperidine rings is 1. The fourth-order valence-electron chi connectivity index (χ4n) is 11.1. The van der Waals surface area contributed by atoms with Gasteiger partial charge < -0.3 is 14.4 Å². The molecule has 1 spiro atoms. The lowest BCUT2D eigenvalue weighted by Crippen LogP contribution is -2.54. The van der Waals surface area contributed by atoms with Gasteiger partial charge in [-0.2, -0.15) is 0 Å². The molecule has 11 atom stereocenters. The minimum absolute atomic E-state index is 0.0538. The van der Waals surface area contributed by atoms with E-state index in [2.05, 4.69) is 37.7 Å². The number of ether oxygens (including phenoxy) is 2. The zero-order chi connectivity index (χ0) is 29.2. The lowest BCUT2D eigenvalue weighted by Gasteiger charge is -2.53. The van der Waals surface area contributed by atoms with Gasteiger partial charge in [0, 0.05) is 23.4 Å². The first kappa shape index (κ1) is 28.3. The van der Waals surface area contributed by atoms with Crippen LogP contribution in [0, 0.1) is 40.9 Å². The number of rotatable bonds is 3. The van der Waals surface area contributed by atoms with Gasteiger partial charge in [-0.05, 0) is 116 Å². The fourth-order valence-corrected chi connectivity index (χ4v) is 11.1. The fraction of sp³-hybridized carbons (Fsp3) is 0.743. The molecule has 6 unspecified atom stereocenters. The van der Waals surface area contributed by atoms with Crippen LogP contribution in [-0.2, 0) is 16.1 Å². The number of hydrogen-bond donors (Lipinski definition) is 0. The maximum absolute atomic E-state index is 13.6. The zero-order valence-electron chi connectivity index (χ0n) is 25.9. The van der Waals surface area contributed by atoms with Crippen molar-refractivity contribution in [2.45, 2.75) is 116 Å². The predicted molar refractivity (Wildman–Crippen MR) is 162 cm³/mol.